The second-order valence-electron chi connectivity index (χ2n) is 4.39. The Morgan fingerprint density at radius 2 is 2.11 bits per heavy atom. The standard InChI is InChI=1S/C12H14F2N4O/c1-17(2)9(19)5-6-18-11-8(16-12(18)15)4-3-7(13)10(11)14/h3-4H,5-6H2,1-2H3,(H2,15,16). The van der Waals surface area contributed by atoms with Crippen LogP contribution in [0.1, 0.15) is 6.42 Å². The number of aryl methyl sites for hydroxylation is 1. The van der Waals surface area contributed by atoms with E-state index in [9.17, 15) is 13.6 Å². The van der Waals surface area contributed by atoms with Gasteiger partial charge < -0.3 is 15.2 Å². The first-order chi connectivity index (χ1) is 8.91. The minimum Gasteiger partial charge on any atom is -0.369 e. The lowest BCUT2D eigenvalue weighted by molar-refractivity contribution is -0.128. The van der Waals surface area contributed by atoms with E-state index in [1.807, 2.05) is 0 Å². The Balaban J connectivity index is 2.40. The van der Waals surface area contributed by atoms with Gasteiger partial charge in [0.05, 0.1) is 5.52 Å². The minimum absolute atomic E-state index is 0.0101. The first-order valence-corrected chi connectivity index (χ1v) is 5.71. The van der Waals surface area contributed by atoms with Crippen LogP contribution in [0.2, 0.25) is 0 Å². The number of rotatable bonds is 3. The molecule has 19 heavy (non-hydrogen) atoms. The normalized spacial score (nSPS) is 10.9. The van der Waals surface area contributed by atoms with Crippen molar-refractivity contribution >= 4 is 22.9 Å². The average molecular weight is 268 g/mol. The molecule has 0 radical (unpaired) electrons. The molecule has 0 aliphatic carbocycles. The molecule has 102 valence electrons. The molecule has 0 spiro atoms. The molecule has 0 unspecified atom stereocenters. The number of anilines is 1. The zero-order valence-corrected chi connectivity index (χ0v) is 10.7. The number of nitrogens with two attached hydrogens (primary N) is 1. The number of carbonyl (C=O) groups is 1. The van der Waals surface area contributed by atoms with Gasteiger partial charge in [-0.25, -0.2) is 13.8 Å². The number of carbonyl (C=O) groups excluding carboxylic acids is 1. The van der Waals surface area contributed by atoms with Crippen molar-refractivity contribution in [3.05, 3.63) is 23.8 Å². The maximum Gasteiger partial charge on any atom is 0.223 e. The van der Waals surface area contributed by atoms with Gasteiger partial charge in [0.25, 0.3) is 0 Å². The zero-order chi connectivity index (χ0) is 14.2. The summed E-state index contributed by atoms with van der Waals surface area (Å²) in [5.41, 5.74) is 5.93. The minimum atomic E-state index is -1.00. The predicted molar refractivity (Wildman–Crippen MR) is 67.4 cm³/mol. The summed E-state index contributed by atoms with van der Waals surface area (Å²) in [6.07, 6.45) is 0.138. The number of nitrogen functional groups attached to an aromatic ring is 1. The lowest BCUT2D eigenvalue weighted by atomic mass is 10.3. The van der Waals surface area contributed by atoms with Crippen LogP contribution in [0.4, 0.5) is 14.7 Å². The highest BCUT2D eigenvalue weighted by molar-refractivity contribution is 5.80. The third-order valence-corrected chi connectivity index (χ3v) is 2.88. The fraction of sp³-hybridized carbons (Fsp3) is 0.333. The third kappa shape index (κ3) is 2.35. The maximum absolute atomic E-state index is 13.8. The number of halogens is 2. The number of fused-ring (bicyclic) bond motifs is 1. The molecule has 7 heteroatoms. The van der Waals surface area contributed by atoms with Crippen LogP contribution in [-0.4, -0.2) is 34.5 Å². The van der Waals surface area contributed by atoms with Crippen LogP contribution < -0.4 is 5.73 Å². The summed E-state index contributed by atoms with van der Waals surface area (Å²) >= 11 is 0. The van der Waals surface area contributed by atoms with Crippen LogP contribution in [0, 0.1) is 11.6 Å². The van der Waals surface area contributed by atoms with Crippen LogP contribution in [0.15, 0.2) is 12.1 Å². The molecule has 0 fully saturated rings. The average Bonchev–Trinajstić information content (AvgIpc) is 2.67. The zero-order valence-electron chi connectivity index (χ0n) is 10.7. The third-order valence-electron chi connectivity index (χ3n) is 2.88. The number of hydrogen-bond donors (Lipinski definition) is 1. The first-order valence-electron chi connectivity index (χ1n) is 5.71. The summed E-state index contributed by atoms with van der Waals surface area (Å²) in [7, 11) is 3.25. The summed E-state index contributed by atoms with van der Waals surface area (Å²) in [5, 5.41) is 0. The topological polar surface area (TPSA) is 64.2 Å². The molecule has 2 aromatic rings. The van der Waals surface area contributed by atoms with Crippen molar-refractivity contribution in [1.29, 1.82) is 0 Å². The Kier molecular flexibility index (Phi) is 3.37. The molecule has 2 rings (SSSR count). The number of benzene rings is 1. The molecule has 1 amide bonds. The number of aromatic nitrogens is 2. The van der Waals surface area contributed by atoms with E-state index in [2.05, 4.69) is 4.98 Å². The molecule has 0 bridgehead atoms. The van der Waals surface area contributed by atoms with Gasteiger partial charge in [0.2, 0.25) is 11.9 Å². The summed E-state index contributed by atoms with van der Waals surface area (Å²) in [6, 6.07) is 2.35. The lowest BCUT2D eigenvalue weighted by Crippen LogP contribution is -2.23. The molecule has 0 aliphatic heterocycles. The molecule has 0 atom stereocenters. The van der Waals surface area contributed by atoms with Crippen LogP contribution in [0.3, 0.4) is 0 Å². The van der Waals surface area contributed by atoms with E-state index >= 15 is 0 Å². The van der Waals surface area contributed by atoms with Gasteiger partial charge >= 0.3 is 0 Å². The van der Waals surface area contributed by atoms with E-state index in [0.29, 0.717) is 0 Å². The van der Waals surface area contributed by atoms with Crippen LogP contribution in [0.5, 0.6) is 0 Å². The Hall–Kier alpha value is -2.18. The highest BCUT2D eigenvalue weighted by Crippen LogP contribution is 2.23. The van der Waals surface area contributed by atoms with Crippen LogP contribution in [0.25, 0.3) is 11.0 Å². The molecule has 1 aromatic carbocycles. The van der Waals surface area contributed by atoms with E-state index in [1.54, 1.807) is 14.1 Å². The monoisotopic (exact) mass is 268 g/mol. The summed E-state index contributed by atoms with van der Waals surface area (Å²) in [4.78, 5) is 16.9. The number of nitrogens with zero attached hydrogens (tertiary/aromatic N) is 3. The van der Waals surface area contributed by atoms with Gasteiger partial charge in [-0.3, -0.25) is 4.79 Å². The highest BCUT2D eigenvalue weighted by atomic mass is 19.2. The van der Waals surface area contributed by atoms with Gasteiger partial charge in [-0.1, -0.05) is 0 Å². The molecule has 5 nitrogen and oxygen atoms in total. The second-order valence-corrected chi connectivity index (χ2v) is 4.39. The van der Waals surface area contributed by atoms with E-state index < -0.39 is 11.6 Å². The highest BCUT2D eigenvalue weighted by Gasteiger charge is 2.16. The van der Waals surface area contributed by atoms with Crippen molar-refractivity contribution in [3.8, 4) is 0 Å². The van der Waals surface area contributed by atoms with E-state index in [-0.39, 0.29) is 35.9 Å². The molecule has 2 N–H and O–H groups in total. The Morgan fingerprint density at radius 3 is 2.74 bits per heavy atom. The van der Waals surface area contributed by atoms with Crippen molar-refractivity contribution in [2.24, 2.45) is 0 Å². The summed E-state index contributed by atoms with van der Waals surface area (Å²) in [5.74, 6) is -2.03. The molecule has 0 saturated carbocycles. The number of hydrogen-bond acceptors (Lipinski definition) is 3. The van der Waals surface area contributed by atoms with Crippen LogP contribution >= 0.6 is 0 Å². The molecule has 0 saturated heterocycles. The predicted octanol–water partition coefficient (Wildman–Crippen LogP) is 1.37. The van der Waals surface area contributed by atoms with Crippen molar-refractivity contribution in [2.75, 3.05) is 19.8 Å². The summed E-state index contributed by atoms with van der Waals surface area (Å²) in [6.45, 7) is 0.152. The Labute approximate surface area is 108 Å². The van der Waals surface area contributed by atoms with Crippen molar-refractivity contribution in [1.82, 2.24) is 14.5 Å². The molecule has 0 aliphatic rings. The van der Waals surface area contributed by atoms with Gasteiger partial charge in [0.1, 0.15) is 5.52 Å². The van der Waals surface area contributed by atoms with Crippen molar-refractivity contribution in [3.63, 3.8) is 0 Å². The number of imidazole rings is 1. The van der Waals surface area contributed by atoms with Gasteiger partial charge in [0.15, 0.2) is 11.6 Å². The Morgan fingerprint density at radius 1 is 1.42 bits per heavy atom. The quantitative estimate of drug-likeness (QED) is 0.914. The smallest absolute Gasteiger partial charge is 0.223 e. The first kappa shape index (κ1) is 13.3. The van der Waals surface area contributed by atoms with Crippen molar-refractivity contribution < 1.29 is 13.6 Å². The van der Waals surface area contributed by atoms with E-state index in [4.69, 9.17) is 5.73 Å². The largest absolute Gasteiger partial charge is 0.369 e. The molecular weight excluding hydrogens is 254 g/mol. The maximum atomic E-state index is 13.8. The van der Waals surface area contributed by atoms with Gasteiger partial charge in [-0.2, -0.15) is 0 Å². The Bertz CT molecular complexity index is 636. The van der Waals surface area contributed by atoms with Gasteiger partial charge in [-0.05, 0) is 12.1 Å². The molecule has 1 heterocycles. The second kappa shape index (κ2) is 4.83. The van der Waals surface area contributed by atoms with E-state index in [0.717, 1.165) is 6.07 Å². The SMILES string of the molecule is CN(C)C(=O)CCn1c(N)nc2ccc(F)c(F)c21. The van der Waals surface area contributed by atoms with Crippen LogP contribution in [-0.2, 0) is 11.3 Å². The number of amides is 1. The van der Waals surface area contributed by atoms with E-state index in [1.165, 1.54) is 15.5 Å². The fourth-order valence-electron chi connectivity index (χ4n) is 1.83. The van der Waals surface area contributed by atoms with Crippen molar-refractivity contribution in [2.45, 2.75) is 13.0 Å². The fourth-order valence-corrected chi connectivity index (χ4v) is 1.83. The lowest BCUT2D eigenvalue weighted by Gasteiger charge is -2.11. The summed E-state index contributed by atoms with van der Waals surface area (Å²) < 4.78 is 28.3. The molecular formula is C12H14F2N4O. The van der Waals surface area contributed by atoms with Gasteiger partial charge in [0, 0.05) is 27.1 Å². The molecule has 1 aromatic heterocycles. The van der Waals surface area contributed by atoms with Gasteiger partial charge in [-0.15, -0.1) is 0 Å².